The smallest absolute Gasteiger partial charge is 0.332 e. The number of rotatable bonds is 2. The van der Waals surface area contributed by atoms with E-state index < -0.39 is 12.3 Å². The second-order valence-electron chi connectivity index (χ2n) is 2.88. The predicted octanol–water partition coefficient (Wildman–Crippen LogP) is 0.867. The highest BCUT2D eigenvalue weighted by Crippen LogP contribution is 2.10. The van der Waals surface area contributed by atoms with Crippen LogP contribution in [0.3, 0.4) is 0 Å². The van der Waals surface area contributed by atoms with E-state index in [1.165, 1.54) is 0 Å². The maximum atomic E-state index is 10.8. The summed E-state index contributed by atoms with van der Waals surface area (Å²) in [5.41, 5.74) is 0. The van der Waals surface area contributed by atoms with E-state index in [1.807, 2.05) is 6.92 Å². The summed E-state index contributed by atoms with van der Waals surface area (Å²) >= 11 is 0. The van der Waals surface area contributed by atoms with E-state index in [2.05, 4.69) is 6.58 Å². The van der Waals surface area contributed by atoms with Crippen LogP contribution in [0.2, 0.25) is 0 Å². The Balaban J connectivity index is 2.38. The van der Waals surface area contributed by atoms with Gasteiger partial charge in [-0.05, 0) is 13.3 Å². The molecule has 74 valence electrons. The zero-order chi connectivity index (χ0) is 9.68. The highest BCUT2D eigenvalue weighted by atomic mass is 16.7. The number of hydrogen-bond acceptors (Lipinski definition) is 4. The first kappa shape index (κ1) is 10.2. The van der Waals surface area contributed by atoms with Crippen LogP contribution in [0.4, 0.5) is 0 Å². The molecule has 0 aromatic rings. The van der Waals surface area contributed by atoms with Crippen LogP contribution in [0.15, 0.2) is 12.7 Å². The lowest BCUT2D eigenvalue weighted by molar-refractivity contribution is -0.186. The molecule has 0 radical (unpaired) electrons. The van der Waals surface area contributed by atoms with Crippen LogP contribution < -0.4 is 0 Å². The van der Waals surface area contributed by atoms with E-state index in [1.54, 1.807) is 0 Å². The topological polar surface area (TPSA) is 44.8 Å². The Morgan fingerprint density at radius 3 is 3.15 bits per heavy atom. The normalized spacial score (nSPS) is 29.0. The van der Waals surface area contributed by atoms with Crippen molar-refractivity contribution in [1.29, 1.82) is 0 Å². The molecule has 1 fully saturated rings. The molecule has 0 aliphatic carbocycles. The summed E-state index contributed by atoms with van der Waals surface area (Å²) in [6, 6.07) is 0. The SMILES string of the molecule is C=CC(=O)OC1COCCC(C)O1. The number of carbonyl (C=O) groups excluding carboxylic acids is 1. The van der Waals surface area contributed by atoms with Crippen LogP contribution in [0, 0.1) is 0 Å². The van der Waals surface area contributed by atoms with Gasteiger partial charge in [-0.2, -0.15) is 0 Å². The minimum atomic E-state index is -0.594. The van der Waals surface area contributed by atoms with Crippen molar-refractivity contribution in [1.82, 2.24) is 0 Å². The van der Waals surface area contributed by atoms with Gasteiger partial charge in [0.15, 0.2) is 0 Å². The summed E-state index contributed by atoms with van der Waals surface area (Å²) < 4.78 is 15.4. The molecule has 0 spiro atoms. The molecule has 0 aromatic heterocycles. The third kappa shape index (κ3) is 3.57. The quantitative estimate of drug-likeness (QED) is 0.474. The first-order valence-corrected chi connectivity index (χ1v) is 4.28. The minimum absolute atomic E-state index is 0.0603. The summed E-state index contributed by atoms with van der Waals surface area (Å²) in [4.78, 5) is 10.8. The van der Waals surface area contributed by atoms with Crippen molar-refractivity contribution in [3.63, 3.8) is 0 Å². The number of esters is 1. The summed E-state index contributed by atoms with van der Waals surface area (Å²) in [5.74, 6) is -0.484. The Labute approximate surface area is 77.5 Å². The Kier molecular flexibility index (Phi) is 3.92. The van der Waals surface area contributed by atoms with Crippen LogP contribution in [0.1, 0.15) is 13.3 Å². The number of hydrogen-bond donors (Lipinski definition) is 0. The molecule has 2 unspecified atom stereocenters. The van der Waals surface area contributed by atoms with Gasteiger partial charge in [-0.1, -0.05) is 6.58 Å². The van der Waals surface area contributed by atoms with E-state index in [0.717, 1.165) is 12.5 Å². The first-order valence-electron chi connectivity index (χ1n) is 4.28. The molecule has 13 heavy (non-hydrogen) atoms. The van der Waals surface area contributed by atoms with Crippen LogP contribution in [-0.2, 0) is 19.0 Å². The molecular weight excluding hydrogens is 172 g/mol. The van der Waals surface area contributed by atoms with Gasteiger partial charge in [0.1, 0.15) is 6.61 Å². The molecule has 1 saturated heterocycles. The largest absolute Gasteiger partial charge is 0.430 e. The van der Waals surface area contributed by atoms with E-state index in [0.29, 0.717) is 13.2 Å². The van der Waals surface area contributed by atoms with Crippen LogP contribution >= 0.6 is 0 Å². The average molecular weight is 186 g/mol. The highest BCUT2D eigenvalue weighted by molar-refractivity contribution is 5.81. The number of ether oxygens (including phenoxy) is 3. The van der Waals surface area contributed by atoms with Crippen molar-refractivity contribution in [2.24, 2.45) is 0 Å². The summed E-state index contributed by atoms with van der Waals surface area (Å²) in [6.45, 7) is 6.16. The van der Waals surface area contributed by atoms with Gasteiger partial charge in [-0.25, -0.2) is 4.79 Å². The zero-order valence-electron chi connectivity index (χ0n) is 7.69. The third-order valence-corrected chi connectivity index (χ3v) is 1.72. The molecule has 1 aliphatic rings. The second kappa shape index (κ2) is 4.99. The minimum Gasteiger partial charge on any atom is -0.430 e. The molecule has 0 saturated carbocycles. The zero-order valence-corrected chi connectivity index (χ0v) is 7.69. The Hall–Kier alpha value is -0.870. The van der Waals surface area contributed by atoms with Crippen molar-refractivity contribution in [2.75, 3.05) is 13.2 Å². The standard InChI is InChI=1S/C9H14O4/c1-3-8(10)13-9-6-11-5-4-7(2)12-9/h3,7,9H,1,4-6H2,2H3. The van der Waals surface area contributed by atoms with Crippen molar-refractivity contribution in [3.05, 3.63) is 12.7 Å². The molecule has 1 heterocycles. The first-order chi connectivity index (χ1) is 6.22. The van der Waals surface area contributed by atoms with Crippen LogP contribution in [0.25, 0.3) is 0 Å². The van der Waals surface area contributed by atoms with Gasteiger partial charge in [0.25, 0.3) is 0 Å². The molecule has 4 nitrogen and oxygen atoms in total. The van der Waals surface area contributed by atoms with Gasteiger partial charge < -0.3 is 14.2 Å². The Bertz CT molecular complexity index is 190. The van der Waals surface area contributed by atoms with Crippen molar-refractivity contribution in [3.8, 4) is 0 Å². The molecular formula is C9H14O4. The molecule has 0 aromatic carbocycles. The average Bonchev–Trinajstić information content (AvgIpc) is 2.30. The maximum Gasteiger partial charge on any atom is 0.332 e. The molecule has 2 atom stereocenters. The Morgan fingerprint density at radius 2 is 2.46 bits per heavy atom. The van der Waals surface area contributed by atoms with Gasteiger partial charge in [0.2, 0.25) is 6.29 Å². The monoisotopic (exact) mass is 186 g/mol. The van der Waals surface area contributed by atoms with Gasteiger partial charge in [0, 0.05) is 12.7 Å². The third-order valence-electron chi connectivity index (χ3n) is 1.72. The lowest BCUT2D eigenvalue weighted by atomic mass is 10.3. The summed E-state index contributed by atoms with van der Waals surface area (Å²) in [5, 5.41) is 0. The van der Waals surface area contributed by atoms with Gasteiger partial charge in [0.05, 0.1) is 6.10 Å². The predicted molar refractivity (Wildman–Crippen MR) is 46.1 cm³/mol. The van der Waals surface area contributed by atoms with E-state index in [-0.39, 0.29) is 6.10 Å². The maximum absolute atomic E-state index is 10.8. The van der Waals surface area contributed by atoms with E-state index in [4.69, 9.17) is 14.2 Å². The summed E-state index contributed by atoms with van der Waals surface area (Å²) in [7, 11) is 0. The summed E-state index contributed by atoms with van der Waals surface area (Å²) in [6.07, 6.45) is 1.40. The lowest BCUT2D eigenvalue weighted by Crippen LogP contribution is -2.26. The van der Waals surface area contributed by atoms with E-state index >= 15 is 0 Å². The fourth-order valence-electron chi connectivity index (χ4n) is 1.03. The lowest BCUT2D eigenvalue weighted by Gasteiger charge is -2.17. The van der Waals surface area contributed by atoms with E-state index in [9.17, 15) is 4.79 Å². The van der Waals surface area contributed by atoms with Crippen molar-refractivity contribution in [2.45, 2.75) is 25.7 Å². The molecule has 4 heteroatoms. The molecule has 1 aliphatic heterocycles. The molecule has 0 amide bonds. The van der Waals surface area contributed by atoms with Crippen molar-refractivity contribution < 1.29 is 19.0 Å². The fourth-order valence-corrected chi connectivity index (χ4v) is 1.03. The van der Waals surface area contributed by atoms with Crippen molar-refractivity contribution >= 4 is 5.97 Å². The van der Waals surface area contributed by atoms with Gasteiger partial charge in [-0.15, -0.1) is 0 Å². The van der Waals surface area contributed by atoms with Crippen LogP contribution in [-0.4, -0.2) is 31.6 Å². The Morgan fingerprint density at radius 1 is 1.69 bits per heavy atom. The molecule has 0 bridgehead atoms. The second-order valence-corrected chi connectivity index (χ2v) is 2.88. The highest BCUT2D eigenvalue weighted by Gasteiger charge is 2.20. The number of carbonyl (C=O) groups is 1. The van der Waals surface area contributed by atoms with Crippen LogP contribution in [0.5, 0.6) is 0 Å². The molecule has 0 N–H and O–H groups in total. The van der Waals surface area contributed by atoms with Gasteiger partial charge in [-0.3, -0.25) is 0 Å². The van der Waals surface area contributed by atoms with Gasteiger partial charge >= 0.3 is 5.97 Å². The molecule has 1 rings (SSSR count). The fraction of sp³-hybridized carbons (Fsp3) is 0.667.